The van der Waals surface area contributed by atoms with Crippen molar-refractivity contribution in [3.05, 3.63) is 23.0 Å². The zero-order valence-corrected chi connectivity index (χ0v) is 11.1. The standard InChI is InChI=1S/C11H15N5OS/c1-3-9-7(2)18-11(14-9)15-10(17)6-16-5-8(12)4-13-16/h4-5H,3,6,12H2,1-2H3,(H,14,15,17). The van der Waals surface area contributed by atoms with Crippen LogP contribution in [0.2, 0.25) is 0 Å². The number of aromatic nitrogens is 3. The highest BCUT2D eigenvalue weighted by atomic mass is 32.1. The van der Waals surface area contributed by atoms with Crippen molar-refractivity contribution in [3.8, 4) is 0 Å². The Hall–Kier alpha value is -1.89. The van der Waals surface area contributed by atoms with Gasteiger partial charge in [0.25, 0.3) is 0 Å². The largest absolute Gasteiger partial charge is 0.396 e. The predicted octanol–water partition coefficient (Wildman–Crippen LogP) is 1.43. The molecular formula is C11H15N5OS. The van der Waals surface area contributed by atoms with Gasteiger partial charge in [-0.3, -0.25) is 9.48 Å². The molecule has 0 saturated heterocycles. The molecule has 0 fully saturated rings. The molecule has 18 heavy (non-hydrogen) atoms. The van der Waals surface area contributed by atoms with E-state index in [0.29, 0.717) is 10.8 Å². The molecule has 0 unspecified atom stereocenters. The number of anilines is 2. The van der Waals surface area contributed by atoms with Gasteiger partial charge in [-0.05, 0) is 13.3 Å². The van der Waals surface area contributed by atoms with E-state index in [2.05, 4.69) is 15.4 Å². The minimum atomic E-state index is -0.158. The van der Waals surface area contributed by atoms with Gasteiger partial charge in [-0.2, -0.15) is 5.10 Å². The Morgan fingerprint density at radius 1 is 1.61 bits per heavy atom. The van der Waals surface area contributed by atoms with E-state index in [4.69, 9.17) is 5.73 Å². The van der Waals surface area contributed by atoms with E-state index < -0.39 is 0 Å². The van der Waals surface area contributed by atoms with Gasteiger partial charge >= 0.3 is 0 Å². The Morgan fingerprint density at radius 2 is 2.39 bits per heavy atom. The van der Waals surface area contributed by atoms with Gasteiger partial charge in [0, 0.05) is 11.1 Å². The summed E-state index contributed by atoms with van der Waals surface area (Å²) in [5.74, 6) is -0.158. The minimum absolute atomic E-state index is 0.136. The molecule has 2 heterocycles. The third kappa shape index (κ3) is 2.86. The Bertz CT molecular complexity index is 560. The van der Waals surface area contributed by atoms with E-state index in [1.165, 1.54) is 22.2 Å². The summed E-state index contributed by atoms with van der Waals surface area (Å²) in [6, 6.07) is 0. The van der Waals surface area contributed by atoms with Crippen LogP contribution in [-0.4, -0.2) is 20.7 Å². The zero-order chi connectivity index (χ0) is 13.1. The molecule has 0 aliphatic heterocycles. The molecule has 0 bridgehead atoms. The van der Waals surface area contributed by atoms with Crippen LogP contribution in [-0.2, 0) is 17.8 Å². The Balaban J connectivity index is 1.98. The molecule has 7 heteroatoms. The van der Waals surface area contributed by atoms with E-state index in [1.807, 2.05) is 13.8 Å². The van der Waals surface area contributed by atoms with E-state index in [-0.39, 0.29) is 12.5 Å². The molecule has 3 N–H and O–H groups in total. The van der Waals surface area contributed by atoms with Gasteiger partial charge in [0.2, 0.25) is 5.91 Å². The van der Waals surface area contributed by atoms with Gasteiger partial charge in [-0.25, -0.2) is 4.98 Å². The topological polar surface area (TPSA) is 85.8 Å². The van der Waals surface area contributed by atoms with Crippen LogP contribution in [0.3, 0.4) is 0 Å². The lowest BCUT2D eigenvalue weighted by atomic mass is 10.3. The fraction of sp³-hybridized carbons (Fsp3) is 0.364. The number of nitrogens with one attached hydrogen (secondary N) is 1. The average molecular weight is 265 g/mol. The Morgan fingerprint density at radius 3 is 2.94 bits per heavy atom. The van der Waals surface area contributed by atoms with Crippen molar-refractivity contribution < 1.29 is 4.79 Å². The zero-order valence-electron chi connectivity index (χ0n) is 10.3. The van der Waals surface area contributed by atoms with E-state index >= 15 is 0 Å². The van der Waals surface area contributed by atoms with Gasteiger partial charge in [0.1, 0.15) is 6.54 Å². The number of carbonyl (C=O) groups excluding carboxylic acids is 1. The van der Waals surface area contributed by atoms with Crippen LogP contribution in [0, 0.1) is 6.92 Å². The summed E-state index contributed by atoms with van der Waals surface area (Å²) in [5.41, 5.74) is 7.09. The third-order valence-corrected chi connectivity index (χ3v) is 3.36. The number of hydrogen-bond acceptors (Lipinski definition) is 5. The lowest BCUT2D eigenvalue weighted by Gasteiger charge is -2.01. The second kappa shape index (κ2) is 5.18. The molecule has 0 radical (unpaired) electrons. The number of hydrogen-bond donors (Lipinski definition) is 2. The maximum Gasteiger partial charge on any atom is 0.247 e. The Labute approximate surface area is 109 Å². The van der Waals surface area contributed by atoms with Crippen LogP contribution >= 0.6 is 11.3 Å². The van der Waals surface area contributed by atoms with Gasteiger partial charge < -0.3 is 11.1 Å². The van der Waals surface area contributed by atoms with Crippen molar-refractivity contribution in [2.24, 2.45) is 0 Å². The number of thiazole rings is 1. The monoisotopic (exact) mass is 265 g/mol. The fourth-order valence-corrected chi connectivity index (χ4v) is 2.50. The first kappa shape index (κ1) is 12.6. The van der Waals surface area contributed by atoms with Crippen molar-refractivity contribution in [1.29, 1.82) is 0 Å². The number of amides is 1. The molecule has 6 nitrogen and oxygen atoms in total. The van der Waals surface area contributed by atoms with Crippen LogP contribution in [0.15, 0.2) is 12.4 Å². The van der Waals surface area contributed by atoms with Crippen LogP contribution in [0.5, 0.6) is 0 Å². The average Bonchev–Trinajstić information content (AvgIpc) is 2.85. The van der Waals surface area contributed by atoms with Crippen LogP contribution in [0.25, 0.3) is 0 Å². The van der Waals surface area contributed by atoms with E-state index in [1.54, 1.807) is 6.20 Å². The number of nitrogen functional groups attached to an aromatic ring is 1. The van der Waals surface area contributed by atoms with Gasteiger partial charge in [0.05, 0.1) is 17.6 Å². The van der Waals surface area contributed by atoms with Gasteiger partial charge in [-0.1, -0.05) is 6.92 Å². The molecule has 0 saturated carbocycles. The predicted molar refractivity (Wildman–Crippen MR) is 71.5 cm³/mol. The van der Waals surface area contributed by atoms with E-state index in [9.17, 15) is 4.79 Å². The van der Waals surface area contributed by atoms with Crippen molar-refractivity contribution in [2.75, 3.05) is 11.1 Å². The van der Waals surface area contributed by atoms with Crippen molar-refractivity contribution in [3.63, 3.8) is 0 Å². The summed E-state index contributed by atoms with van der Waals surface area (Å²) < 4.78 is 1.49. The van der Waals surface area contributed by atoms with Crippen LogP contribution in [0.1, 0.15) is 17.5 Å². The van der Waals surface area contributed by atoms with Crippen molar-refractivity contribution in [1.82, 2.24) is 14.8 Å². The van der Waals surface area contributed by atoms with Crippen LogP contribution in [0.4, 0.5) is 10.8 Å². The second-order valence-corrected chi connectivity index (χ2v) is 5.10. The molecule has 2 rings (SSSR count). The number of carbonyl (C=O) groups is 1. The fourth-order valence-electron chi connectivity index (χ4n) is 1.58. The van der Waals surface area contributed by atoms with Crippen molar-refractivity contribution >= 4 is 28.1 Å². The Kier molecular flexibility index (Phi) is 3.61. The van der Waals surface area contributed by atoms with Crippen molar-refractivity contribution in [2.45, 2.75) is 26.8 Å². The first-order chi connectivity index (χ1) is 8.58. The smallest absolute Gasteiger partial charge is 0.247 e. The highest BCUT2D eigenvalue weighted by molar-refractivity contribution is 7.15. The maximum absolute atomic E-state index is 11.8. The summed E-state index contributed by atoms with van der Waals surface area (Å²) in [4.78, 5) is 17.2. The molecular weight excluding hydrogens is 250 g/mol. The minimum Gasteiger partial charge on any atom is -0.396 e. The van der Waals surface area contributed by atoms with Gasteiger partial charge in [-0.15, -0.1) is 11.3 Å². The van der Waals surface area contributed by atoms with Crippen LogP contribution < -0.4 is 11.1 Å². The third-order valence-electron chi connectivity index (χ3n) is 2.43. The summed E-state index contributed by atoms with van der Waals surface area (Å²) in [7, 11) is 0. The quantitative estimate of drug-likeness (QED) is 0.875. The molecule has 0 aliphatic carbocycles. The summed E-state index contributed by atoms with van der Waals surface area (Å²) in [6.45, 7) is 4.18. The highest BCUT2D eigenvalue weighted by Crippen LogP contribution is 2.22. The van der Waals surface area contributed by atoms with E-state index in [0.717, 1.165) is 17.0 Å². The molecule has 0 aliphatic rings. The SMILES string of the molecule is CCc1nc(NC(=O)Cn2cc(N)cn2)sc1C. The molecule has 96 valence electrons. The summed E-state index contributed by atoms with van der Waals surface area (Å²) in [5, 5.41) is 7.35. The molecule has 0 aromatic carbocycles. The lowest BCUT2D eigenvalue weighted by Crippen LogP contribution is -2.18. The number of nitrogens with zero attached hydrogens (tertiary/aromatic N) is 3. The maximum atomic E-state index is 11.8. The molecule has 0 spiro atoms. The summed E-state index contributed by atoms with van der Waals surface area (Å²) in [6.07, 6.45) is 3.99. The number of rotatable bonds is 4. The molecule has 2 aromatic heterocycles. The number of aryl methyl sites for hydroxylation is 2. The molecule has 1 amide bonds. The second-order valence-electron chi connectivity index (χ2n) is 3.89. The highest BCUT2D eigenvalue weighted by Gasteiger charge is 2.10. The number of nitrogens with two attached hydrogens (primary N) is 1. The first-order valence-corrected chi connectivity index (χ1v) is 6.44. The first-order valence-electron chi connectivity index (χ1n) is 5.62. The normalized spacial score (nSPS) is 10.6. The molecule has 0 atom stereocenters. The molecule has 2 aromatic rings. The lowest BCUT2D eigenvalue weighted by molar-refractivity contribution is -0.116. The van der Waals surface area contributed by atoms with Gasteiger partial charge in [0.15, 0.2) is 5.13 Å². The summed E-state index contributed by atoms with van der Waals surface area (Å²) >= 11 is 1.49.